The van der Waals surface area contributed by atoms with Crippen LogP contribution in [-0.2, 0) is 11.2 Å². The van der Waals surface area contributed by atoms with Crippen molar-refractivity contribution >= 4 is 27.7 Å². The number of anilines is 1. The van der Waals surface area contributed by atoms with E-state index in [4.69, 9.17) is 0 Å². The summed E-state index contributed by atoms with van der Waals surface area (Å²) >= 11 is 3.27. The Kier molecular flexibility index (Phi) is 4.68. The molecule has 0 atom stereocenters. The third-order valence-electron chi connectivity index (χ3n) is 2.71. The number of rotatable bonds is 4. The summed E-state index contributed by atoms with van der Waals surface area (Å²) in [6.45, 7) is 2.05. The second-order valence-corrected chi connectivity index (χ2v) is 5.20. The van der Waals surface area contributed by atoms with Gasteiger partial charge in [0.05, 0.1) is 0 Å². The number of benzene rings is 1. The summed E-state index contributed by atoms with van der Waals surface area (Å²) in [5.74, 6) is 0.552. The number of amides is 1. The number of nitrogens with zero attached hydrogens (tertiary/aromatic N) is 1. The maximum atomic E-state index is 11.8. The summed E-state index contributed by atoms with van der Waals surface area (Å²) in [5.41, 5.74) is 2.39. The standard InChI is InChI=1S/C15H15BrN2O/c1-11-4-2-5-12(10-11)8-9-15(19)18-14-7-3-6-13(16)17-14/h2-7,10H,8-9H2,1H3,(H,17,18,19). The SMILES string of the molecule is Cc1cccc(CCC(=O)Nc2cccc(Br)n2)c1. The minimum Gasteiger partial charge on any atom is -0.311 e. The van der Waals surface area contributed by atoms with Crippen molar-refractivity contribution in [1.29, 1.82) is 0 Å². The molecule has 1 heterocycles. The highest BCUT2D eigenvalue weighted by Gasteiger charge is 2.04. The van der Waals surface area contributed by atoms with Crippen LogP contribution in [0.3, 0.4) is 0 Å². The fourth-order valence-electron chi connectivity index (χ4n) is 1.81. The van der Waals surface area contributed by atoms with E-state index in [1.165, 1.54) is 11.1 Å². The zero-order valence-electron chi connectivity index (χ0n) is 10.7. The Bertz CT molecular complexity index is 584. The fraction of sp³-hybridized carbons (Fsp3) is 0.200. The van der Waals surface area contributed by atoms with Gasteiger partial charge in [0.1, 0.15) is 10.4 Å². The predicted molar refractivity (Wildman–Crippen MR) is 80.1 cm³/mol. The molecule has 0 unspecified atom stereocenters. The van der Waals surface area contributed by atoms with Gasteiger partial charge in [0, 0.05) is 6.42 Å². The largest absolute Gasteiger partial charge is 0.311 e. The molecule has 2 aromatic rings. The molecule has 0 aliphatic rings. The van der Waals surface area contributed by atoms with Gasteiger partial charge >= 0.3 is 0 Å². The molecule has 2 rings (SSSR count). The van der Waals surface area contributed by atoms with Crippen LogP contribution < -0.4 is 5.32 Å². The number of halogens is 1. The van der Waals surface area contributed by atoms with Gasteiger partial charge in [-0.25, -0.2) is 4.98 Å². The molecule has 0 saturated carbocycles. The van der Waals surface area contributed by atoms with Crippen LogP contribution in [0.1, 0.15) is 17.5 Å². The highest BCUT2D eigenvalue weighted by atomic mass is 79.9. The summed E-state index contributed by atoms with van der Waals surface area (Å²) in [6.07, 6.45) is 1.19. The third-order valence-corrected chi connectivity index (χ3v) is 3.15. The van der Waals surface area contributed by atoms with Gasteiger partial charge in [0.25, 0.3) is 0 Å². The molecular formula is C15H15BrN2O. The first-order valence-electron chi connectivity index (χ1n) is 6.11. The zero-order valence-corrected chi connectivity index (χ0v) is 12.3. The van der Waals surface area contributed by atoms with Crippen molar-refractivity contribution < 1.29 is 4.79 Å². The van der Waals surface area contributed by atoms with E-state index in [0.717, 1.165) is 6.42 Å². The van der Waals surface area contributed by atoms with Gasteiger partial charge in [-0.2, -0.15) is 0 Å². The Hall–Kier alpha value is -1.68. The highest BCUT2D eigenvalue weighted by Crippen LogP contribution is 2.11. The molecule has 0 saturated heterocycles. The van der Waals surface area contributed by atoms with Crippen molar-refractivity contribution in [3.8, 4) is 0 Å². The molecule has 1 amide bonds. The quantitative estimate of drug-likeness (QED) is 0.873. The van der Waals surface area contributed by atoms with Crippen LogP contribution in [0, 0.1) is 6.92 Å². The molecule has 0 fully saturated rings. The molecule has 98 valence electrons. The lowest BCUT2D eigenvalue weighted by Gasteiger charge is -2.05. The Labute approximate surface area is 121 Å². The normalized spacial score (nSPS) is 10.2. The van der Waals surface area contributed by atoms with Crippen LogP contribution in [0.5, 0.6) is 0 Å². The van der Waals surface area contributed by atoms with E-state index < -0.39 is 0 Å². The van der Waals surface area contributed by atoms with E-state index in [1.54, 1.807) is 6.07 Å². The average molecular weight is 319 g/mol. The number of hydrogen-bond donors (Lipinski definition) is 1. The fourth-order valence-corrected chi connectivity index (χ4v) is 2.15. The minimum absolute atomic E-state index is 0.0212. The zero-order chi connectivity index (χ0) is 13.7. The van der Waals surface area contributed by atoms with E-state index in [0.29, 0.717) is 16.8 Å². The van der Waals surface area contributed by atoms with E-state index in [9.17, 15) is 4.79 Å². The van der Waals surface area contributed by atoms with E-state index in [-0.39, 0.29) is 5.91 Å². The van der Waals surface area contributed by atoms with Gasteiger partial charge in [-0.15, -0.1) is 0 Å². The van der Waals surface area contributed by atoms with Crippen LogP contribution in [0.4, 0.5) is 5.82 Å². The number of aryl methyl sites for hydroxylation is 2. The topological polar surface area (TPSA) is 42.0 Å². The molecule has 0 aliphatic heterocycles. The van der Waals surface area contributed by atoms with Crippen molar-refractivity contribution in [2.75, 3.05) is 5.32 Å². The van der Waals surface area contributed by atoms with Gasteiger partial charge in [0.2, 0.25) is 5.91 Å². The number of pyridine rings is 1. The Morgan fingerprint density at radius 3 is 2.79 bits per heavy atom. The Morgan fingerprint density at radius 1 is 1.26 bits per heavy atom. The second kappa shape index (κ2) is 6.48. The van der Waals surface area contributed by atoms with Crippen LogP contribution >= 0.6 is 15.9 Å². The lowest BCUT2D eigenvalue weighted by Crippen LogP contribution is -2.13. The van der Waals surface area contributed by atoms with Gasteiger partial charge < -0.3 is 5.32 Å². The van der Waals surface area contributed by atoms with Crippen LogP contribution in [0.25, 0.3) is 0 Å². The Morgan fingerprint density at radius 2 is 2.05 bits per heavy atom. The summed E-state index contributed by atoms with van der Waals surface area (Å²) < 4.78 is 0.712. The number of aromatic nitrogens is 1. The monoisotopic (exact) mass is 318 g/mol. The predicted octanol–water partition coefficient (Wildman–Crippen LogP) is 3.72. The van der Waals surface area contributed by atoms with Crippen molar-refractivity contribution in [3.63, 3.8) is 0 Å². The molecule has 0 aliphatic carbocycles. The number of carbonyl (C=O) groups excluding carboxylic acids is 1. The molecule has 1 aromatic heterocycles. The van der Waals surface area contributed by atoms with E-state index >= 15 is 0 Å². The first-order valence-corrected chi connectivity index (χ1v) is 6.91. The lowest BCUT2D eigenvalue weighted by molar-refractivity contribution is -0.116. The van der Waals surface area contributed by atoms with Crippen molar-refractivity contribution in [3.05, 3.63) is 58.2 Å². The Balaban J connectivity index is 1.88. The van der Waals surface area contributed by atoms with Gasteiger partial charge in [-0.1, -0.05) is 35.9 Å². The van der Waals surface area contributed by atoms with Crippen molar-refractivity contribution in [2.45, 2.75) is 19.8 Å². The first kappa shape index (κ1) is 13.7. The summed E-state index contributed by atoms with van der Waals surface area (Å²) in [7, 11) is 0. The second-order valence-electron chi connectivity index (χ2n) is 4.38. The smallest absolute Gasteiger partial charge is 0.225 e. The first-order chi connectivity index (χ1) is 9.13. The molecule has 0 radical (unpaired) electrons. The van der Waals surface area contributed by atoms with Crippen LogP contribution in [0.15, 0.2) is 47.1 Å². The minimum atomic E-state index is -0.0212. The molecule has 3 nitrogen and oxygen atoms in total. The molecule has 19 heavy (non-hydrogen) atoms. The molecule has 1 aromatic carbocycles. The summed E-state index contributed by atoms with van der Waals surface area (Å²) in [5, 5.41) is 2.79. The van der Waals surface area contributed by atoms with Crippen LogP contribution in [0.2, 0.25) is 0 Å². The summed E-state index contributed by atoms with van der Waals surface area (Å²) in [4.78, 5) is 16.0. The van der Waals surface area contributed by atoms with Crippen molar-refractivity contribution in [2.24, 2.45) is 0 Å². The maximum absolute atomic E-state index is 11.8. The average Bonchev–Trinajstić information content (AvgIpc) is 2.36. The van der Waals surface area contributed by atoms with Crippen molar-refractivity contribution in [1.82, 2.24) is 4.98 Å². The maximum Gasteiger partial charge on any atom is 0.225 e. The van der Waals surface area contributed by atoms with Gasteiger partial charge in [0.15, 0.2) is 0 Å². The number of hydrogen-bond acceptors (Lipinski definition) is 2. The van der Waals surface area contributed by atoms with Crippen LogP contribution in [-0.4, -0.2) is 10.9 Å². The molecule has 0 bridgehead atoms. The number of carbonyl (C=O) groups is 1. The molecule has 0 spiro atoms. The highest BCUT2D eigenvalue weighted by molar-refractivity contribution is 9.10. The number of nitrogens with one attached hydrogen (secondary N) is 1. The third kappa shape index (κ3) is 4.48. The van der Waals surface area contributed by atoms with Gasteiger partial charge in [-0.05, 0) is 47.0 Å². The van der Waals surface area contributed by atoms with E-state index in [1.807, 2.05) is 24.3 Å². The molecule has 4 heteroatoms. The molecule has 1 N–H and O–H groups in total. The summed E-state index contributed by atoms with van der Waals surface area (Å²) in [6, 6.07) is 13.6. The lowest BCUT2D eigenvalue weighted by atomic mass is 10.1. The van der Waals surface area contributed by atoms with E-state index in [2.05, 4.69) is 45.3 Å². The van der Waals surface area contributed by atoms with Gasteiger partial charge in [-0.3, -0.25) is 4.79 Å². The molecular weight excluding hydrogens is 304 g/mol.